The Hall–Kier alpha value is -2.62. The normalized spacial score (nSPS) is 12.7. The van der Waals surface area contributed by atoms with E-state index >= 15 is 0 Å². The molecule has 0 heterocycles. The van der Waals surface area contributed by atoms with Gasteiger partial charge in [-0.1, -0.05) is 30.9 Å². The Labute approximate surface area is 167 Å². The minimum Gasteiger partial charge on any atom is -0.452 e. The van der Waals surface area contributed by atoms with E-state index in [-0.39, 0.29) is 4.31 Å². The van der Waals surface area contributed by atoms with Gasteiger partial charge in [-0.25, -0.2) is 9.10 Å². The summed E-state index contributed by atoms with van der Waals surface area (Å²) in [7, 11) is -5.18. The van der Waals surface area contributed by atoms with Gasteiger partial charge >= 0.3 is 21.5 Å². The lowest BCUT2D eigenvalue weighted by Crippen LogP contribution is -2.42. The van der Waals surface area contributed by atoms with Crippen LogP contribution in [-0.2, 0) is 30.8 Å². The zero-order valence-electron chi connectivity index (χ0n) is 16.4. The van der Waals surface area contributed by atoms with E-state index in [0.29, 0.717) is 18.2 Å². The molecule has 0 aliphatic carbocycles. The summed E-state index contributed by atoms with van der Waals surface area (Å²) in [6, 6.07) is 4.70. The number of carbonyl (C=O) groups is 2. The van der Waals surface area contributed by atoms with Crippen LogP contribution in [0, 0.1) is 6.92 Å². The third-order valence-corrected chi connectivity index (χ3v) is 5.41. The molecular formula is C19H22F3NO5S. The first kappa shape index (κ1) is 24.4. The van der Waals surface area contributed by atoms with Gasteiger partial charge in [0.1, 0.15) is 5.60 Å². The van der Waals surface area contributed by atoms with E-state index in [1.165, 1.54) is 6.07 Å². The maximum atomic E-state index is 12.6. The second kappa shape index (κ2) is 8.81. The van der Waals surface area contributed by atoms with E-state index in [1.807, 2.05) is 0 Å². The highest BCUT2D eigenvalue weighted by Crippen LogP contribution is 2.26. The lowest BCUT2D eigenvalue weighted by molar-refractivity contribution is -0.146. The van der Waals surface area contributed by atoms with Crippen molar-refractivity contribution in [2.75, 3.05) is 7.05 Å². The van der Waals surface area contributed by atoms with E-state index in [0.717, 1.165) is 11.6 Å². The molecule has 1 aromatic rings. The largest absolute Gasteiger partial charge is 0.516 e. The molecule has 6 nitrogen and oxygen atoms in total. The topological polar surface area (TPSA) is 80.8 Å². The molecule has 0 bridgehead atoms. The number of nitrogens with zero attached hydrogens (tertiary/aromatic N) is 1. The van der Waals surface area contributed by atoms with Gasteiger partial charge in [0.15, 0.2) is 0 Å². The second-order valence-corrected chi connectivity index (χ2v) is 8.70. The molecule has 0 aromatic heterocycles. The quantitative estimate of drug-likeness (QED) is 0.487. The summed E-state index contributed by atoms with van der Waals surface area (Å²) in [5.41, 5.74) is -4.78. The number of alkyl halides is 3. The molecule has 0 N–H and O–H groups in total. The van der Waals surface area contributed by atoms with Gasteiger partial charge in [0.2, 0.25) is 5.91 Å². The molecule has 0 radical (unpaired) electrons. The molecular weight excluding hydrogens is 411 g/mol. The van der Waals surface area contributed by atoms with E-state index in [1.54, 1.807) is 45.1 Å². The number of benzene rings is 1. The summed E-state index contributed by atoms with van der Waals surface area (Å²) in [5.74, 6) is -1.83. The van der Waals surface area contributed by atoms with Crippen LogP contribution in [0.4, 0.5) is 13.2 Å². The Morgan fingerprint density at radius 3 is 2.34 bits per heavy atom. The third-order valence-electron chi connectivity index (χ3n) is 3.90. The predicted octanol–water partition coefficient (Wildman–Crippen LogP) is 3.37. The average molecular weight is 433 g/mol. The lowest BCUT2D eigenvalue weighted by atomic mass is 10.00. The van der Waals surface area contributed by atoms with Crippen molar-refractivity contribution in [3.8, 4) is 0 Å². The van der Waals surface area contributed by atoms with Gasteiger partial charge < -0.3 is 4.74 Å². The van der Waals surface area contributed by atoms with Crippen LogP contribution in [-0.4, -0.2) is 42.8 Å². The molecule has 0 aliphatic heterocycles. The van der Waals surface area contributed by atoms with Crippen molar-refractivity contribution in [1.82, 2.24) is 4.31 Å². The van der Waals surface area contributed by atoms with Crippen molar-refractivity contribution >= 4 is 28.0 Å². The maximum absolute atomic E-state index is 12.6. The van der Waals surface area contributed by atoms with Crippen LogP contribution in [0.1, 0.15) is 30.5 Å². The van der Waals surface area contributed by atoms with E-state index < -0.39 is 39.4 Å². The van der Waals surface area contributed by atoms with Crippen LogP contribution in [0.15, 0.2) is 36.9 Å². The number of hydrogen-bond donors (Lipinski definition) is 0. The smallest absolute Gasteiger partial charge is 0.452 e. The van der Waals surface area contributed by atoms with E-state index in [4.69, 9.17) is 4.74 Å². The predicted molar refractivity (Wildman–Crippen MR) is 102 cm³/mol. The highest BCUT2D eigenvalue weighted by Gasteiger charge is 2.50. The molecule has 0 unspecified atom stereocenters. The Morgan fingerprint density at radius 1 is 1.24 bits per heavy atom. The molecule has 0 atom stereocenters. The number of carbonyl (C=O) groups excluding carboxylic acids is 2. The van der Waals surface area contributed by atoms with Gasteiger partial charge in [-0.15, -0.1) is 0 Å². The van der Waals surface area contributed by atoms with Gasteiger partial charge in [-0.2, -0.15) is 21.6 Å². The molecule has 0 aliphatic rings. The number of hydrogen-bond acceptors (Lipinski definition) is 5. The summed E-state index contributed by atoms with van der Waals surface area (Å²) in [5, 5.41) is 0. The number of halogens is 3. The van der Waals surface area contributed by atoms with Crippen molar-refractivity contribution in [2.45, 2.75) is 38.3 Å². The van der Waals surface area contributed by atoms with Crippen LogP contribution in [0.3, 0.4) is 0 Å². The SMILES string of the molecule is C=CC(=O)OC(C)(C)/C=C\c1cc(CC(=O)N(C)S(=O)(=O)C(F)(F)F)ccc1C. The van der Waals surface area contributed by atoms with Gasteiger partial charge in [-0.3, -0.25) is 4.79 Å². The highest BCUT2D eigenvalue weighted by molar-refractivity contribution is 7.90. The number of aryl methyl sites for hydroxylation is 1. The fourth-order valence-corrected chi connectivity index (χ4v) is 2.82. The minimum absolute atomic E-state index is 0.305. The van der Waals surface area contributed by atoms with E-state index in [2.05, 4.69) is 6.58 Å². The van der Waals surface area contributed by atoms with Crippen LogP contribution in [0.25, 0.3) is 6.08 Å². The number of esters is 1. The molecule has 0 spiro atoms. The van der Waals surface area contributed by atoms with Crippen molar-refractivity contribution in [3.63, 3.8) is 0 Å². The summed E-state index contributed by atoms with van der Waals surface area (Å²) in [4.78, 5) is 23.4. The summed E-state index contributed by atoms with van der Waals surface area (Å²) >= 11 is 0. The van der Waals surface area contributed by atoms with Gasteiger partial charge in [0.25, 0.3) is 0 Å². The second-order valence-electron chi connectivity index (χ2n) is 6.74. The first-order chi connectivity index (χ1) is 13.1. The maximum Gasteiger partial charge on any atom is 0.516 e. The molecule has 0 saturated carbocycles. The van der Waals surface area contributed by atoms with Crippen molar-refractivity contribution in [3.05, 3.63) is 53.6 Å². The number of sulfonamides is 1. The molecule has 1 rings (SSSR count). The molecule has 0 fully saturated rings. The molecule has 1 aromatic carbocycles. The Balaban J connectivity index is 3.06. The number of rotatable bonds is 7. The van der Waals surface area contributed by atoms with Gasteiger partial charge in [0, 0.05) is 13.1 Å². The average Bonchev–Trinajstić information content (AvgIpc) is 2.59. The first-order valence-corrected chi connectivity index (χ1v) is 9.77. The van der Waals surface area contributed by atoms with Crippen molar-refractivity contribution < 1.29 is 35.9 Å². The summed E-state index contributed by atoms with van der Waals surface area (Å²) < 4.78 is 65.3. The molecule has 1 amide bonds. The van der Waals surface area contributed by atoms with Crippen molar-refractivity contribution in [2.24, 2.45) is 0 Å². The minimum atomic E-state index is -5.74. The lowest BCUT2D eigenvalue weighted by Gasteiger charge is -2.20. The summed E-state index contributed by atoms with van der Waals surface area (Å²) in [6.07, 6.45) is 3.72. The van der Waals surface area contributed by atoms with Gasteiger partial charge in [0.05, 0.1) is 6.42 Å². The van der Waals surface area contributed by atoms with Gasteiger partial charge in [-0.05, 0) is 43.5 Å². The summed E-state index contributed by atoms with van der Waals surface area (Å²) in [6.45, 7) is 8.37. The first-order valence-electron chi connectivity index (χ1n) is 8.33. The van der Waals surface area contributed by atoms with Crippen LogP contribution < -0.4 is 0 Å². The molecule has 0 saturated heterocycles. The standard InChI is InChI=1S/C19H22F3NO5S/c1-6-17(25)28-18(3,4)10-9-15-11-14(8-7-13(15)2)12-16(24)23(5)29(26,27)19(20,21)22/h6-11H,1,12H2,2-5H3/b10-9-. The van der Waals surface area contributed by atoms with Crippen LogP contribution >= 0.6 is 0 Å². The fraction of sp³-hybridized carbons (Fsp3) is 0.368. The van der Waals surface area contributed by atoms with Crippen molar-refractivity contribution in [1.29, 1.82) is 0 Å². The zero-order valence-corrected chi connectivity index (χ0v) is 17.2. The molecule has 160 valence electrons. The highest BCUT2D eigenvalue weighted by atomic mass is 32.2. The van der Waals surface area contributed by atoms with Crippen LogP contribution in [0.5, 0.6) is 0 Å². The molecule has 10 heteroatoms. The fourth-order valence-electron chi connectivity index (χ4n) is 2.18. The van der Waals surface area contributed by atoms with E-state index in [9.17, 15) is 31.2 Å². The molecule has 29 heavy (non-hydrogen) atoms. The Bertz CT molecular complexity index is 934. The number of ether oxygens (including phenoxy) is 1. The Morgan fingerprint density at radius 2 is 1.83 bits per heavy atom. The zero-order chi connectivity index (χ0) is 22.6. The number of likely N-dealkylation sites (N-methyl/N-ethyl adjacent to an activating group) is 1. The number of amides is 1. The Kier molecular flexibility index (Phi) is 7.42. The third kappa shape index (κ3) is 6.45. The monoisotopic (exact) mass is 433 g/mol. The van der Waals surface area contributed by atoms with Crippen LogP contribution in [0.2, 0.25) is 0 Å².